The van der Waals surface area contributed by atoms with Crippen LogP contribution in [0, 0.1) is 5.82 Å². The van der Waals surface area contributed by atoms with Crippen LogP contribution in [-0.2, 0) is 0 Å². The van der Waals surface area contributed by atoms with Crippen molar-refractivity contribution in [3.63, 3.8) is 0 Å². The Morgan fingerprint density at radius 1 is 1.53 bits per heavy atom. The summed E-state index contributed by atoms with van der Waals surface area (Å²) in [6.45, 7) is 8.76. The van der Waals surface area contributed by atoms with Crippen LogP contribution >= 0.6 is 0 Å². The first-order valence-electron chi connectivity index (χ1n) is 5.23. The third-order valence-corrected chi connectivity index (χ3v) is 2.35. The molecule has 2 heteroatoms. The highest BCUT2D eigenvalue weighted by molar-refractivity contribution is 5.19. The molecule has 1 aromatic rings. The predicted octanol–water partition coefficient (Wildman–Crippen LogP) is 3.44. The number of nitrogens with one attached hydrogen (secondary N) is 1. The van der Waals surface area contributed by atoms with E-state index in [0.29, 0.717) is 0 Å². The Morgan fingerprint density at radius 2 is 2.27 bits per heavy atom. The Morgan fingerprint density at radius 3 is 2.87 bits per heavy atom. The number of hydrogen-bond acceptors (Lipinski definition) is 1. The summed E-state index contributed by atoms with van der Waals surface area (Å²) in [6, 6.07) is 6.88. The van der Waals surface area contributed by atoms with Crippen molar-refractivity contribution < 1.29 is 4.39 Å². The van der Waals surface area contributed by atoms with Gasteiger partial charge in [-0.2, -0.15) is 0 Å². The molecule has 1 atom stereocenters. The Kier molecular flexibility index (Phi) is 4.50. The molecule has 0 heterocycles. The Labute approximate surface area is 91.0 Å². The highest BCUT2D eigenvalue weighted by atomic mass is 19.1. The number of halogens is 1. The van der Waals surface area contributed by atoms with Crippen LogP contribution in [-0.4, -0.2) is 6.54 Å². The van der Waals surface area contributed by atoms with Crippen molar-refractivity contribution >= 4 is 0 Å². The lowest BCUT2D eigenvalue weighted by molar-refractivity contribution is 0.566. The molecule has 1 N–H and O–H groups in total. The largest absolute Gasteiger partial charge is 0.310 e. The quantitative estimate of drug-likeness (QED) is 0.729. The lowest BCUT2D eigenvalue weighted by atomic mass is 10.1. The molecular formula is C13H18FN. The molecule has 0 aromatic heterocycles. The smallest absolute Gasteiger partial charge is 0.123 e. The molecule has 0 bridgehead atoms. The first kappa shape index (κ1) is 11.9. The molecule has 0 saturated carbocycles. The predicted molar refractivity (Wildman–Crippen MR) is 62.2 cm³/mol. The summed E-state index contributed by atoms with van der Waals surface area (Å²) < 4.78 is 12.9. The zero-order valence-electron chi connectivity index (χ0n) is 9.39. The van der Waals surface area contributed by atoms with Gasteiger partial charge in [-0.3, -0.25) is 0 Å². The van der Waals surface area contributed by atoms with Gasteiger partial charge >= 0.3 is 0 Å². The van der Waals surface area contributed by atoms with Crippen molar-refractivity contribution in [3.8, 4) is 0 Å². The lowest BCUT2D eigenvalue weighted by Gasteiger charge is -2.14. The van der Waals surface area contributed by atoms with E-state index in [0.717, 1.165) is 24.1 Å². The maximum atomic E-state index is 12.9. The fraction of sp³-hybridized carbons (Fsp3) is 0.385. The SMILES string of the molecule is C=C(C)CCN[C@@H](C)c1cccc(F)c1. The second-order valence-corrected chi connectivity index (χ2v) is 3.94. The number of rotatable bonds is 5. The van der Waals surface area contributed by atoms with E-state index in [9.17, 15) is 4.39 Å². The van der Waals surface area contributed by atoms with Crippen molar-refractivity contribution in [2.75, 3.05) is 6.54 Å². The van der Waals surface area contributed by atoms with Crippen LogP contribution in [0.4, 0.5) is 4.39 Å². The van der Waals surface area contributed by atoms with Gasteiger partial charge in [0, 0.05) is 6.04 Å². The van der Waals surface area contributed by atoms with Gasteiger partial charge in [0.1, 0.15) is 5.82 Å². The summed E-state index contributed by atoms with van der Waals surface area (Å²) >= 11 is 0. The van der Waals surface area contributed by atoms with Crippen molar-refractivity contribution in [2.45, 2.75) is 26.3 Å². The average Bonchev–Trinajstić information content (AvgIpc) is 2.17. The second kappa shape index (κ2) is 5.66. The minimum absolute atomic E-state index is 0.180. The van der Waals surface area contributed by atoms with Crippen molar-refractivity contribution in [2.24, 2.45) is 0 Å². The average molecular weight is 207 g/mol. The fourth-order valence-corrected chi connectivity index (χ4v) is 1.40. The maximum Gasteiger partial charge on any atom is 0.123 e. The third kappa shape index (κ3) is 4.26. The first-order valence-corrected chi connectivity index (χ1v) is 5.23. The summed E-state index contributed by atoms with van der Waals surface area (Å²) in [6.07, 6.45) is 0.958. The molecule has 0 aliphatic carbocycles. The van der Waals surface area contributed by atoms with Gasteiger partial charge in [-0.05, 0) is 44.5 Å². The summed E-state index contributed by atoms with van der Waals surface area (Å²) in [5, 5.41) is 3.33. The molecule has 0 aliphatic heterocycles. The molecule has 0 aliphatic rings. The molecule has 0 spiro atoms. The highest BCUT2D eigenvalue weighted by Crippen LogP contribution is 2.13. The zero-order chi connectivity index (χ0) is 11.3. The molecular weight excluding hydrogens is 189 g/mol. The van der Waals surface area contributed by atoms with Crippen LogP contribution in [0.5, 0.6) is 0 Å². The molecule has 0 fully saturated rings. The van der Waals surface area contributed by atoms with E-state index in [4.69, 9.17) is 0 Å². The van der Waals surface area contributed by atoms with Crippen LogP contribution < -0.4 is 5.32 Å². The van der Waals surface area contributed by atoms with Gasteiger partial charge in [0.15, 0.2) is 0 Å². The Bertz CT molecular complexity index is 333. The Hall–Kier alpha value is -1.15. The summed E-state index contributed by atoms with van der Waals surface area (Å²) in [5.41, 5.74) is 2.14. The number of hydrogen-bond donors (Lipinski definition) is 1. The molecule has 1 aromatic carbocycles. The van der Waals surface area contributed by atoms with Crippen LogP contribution in [0.25, 0.3) is 0 Å². The highest BCUT2D eigenvalue weighted by Gasteiger charge is 2.04. The first-order chi connectivity index (χ1) is 7.09. The van der Waals surface area contributed by atoms with E-state index in [-0.39, 0.29) is 11.9 Å². The van der Waals surface area contributed by atoms with Gasteiger partial charge in [-0.15, -0.1) is 6.58 Å². The second-order valence-electron chi connectivity index (χ2n) is 3.94. The van der Waals surface area contributed by atoms with Gasteiger partial charge in [-0.1, -0.05) is 17.7 Å². The molecule has 0 amide bonds. The lowest BCUT2D eigenvalue weighted by Crippen LogP contribution is -2.20. The zero-order valence-corrected chi connectivity index (χ0v) is 9.39. The van der Waals surface area contributed by atoms with E-state index in [2.05, 4.69) is 11.9 Å². The Balaban J connectivity index is 2.46. The van der Waals surface area contributed by atoms with E-state index < -0.39 is 0 Å². The molecule has 0 unspecified atom stereocenters. The molecule has 1 nitrogen and oxygen atoms in total. The normalized spacial score (nSPS) is 12.5. The maximum absolute atomic E-state index is 12.9. The van der Waals surface area contributed by atoms with Gasteiger partial charge < -0.3 is 5.32 Å². The topological polar surface area (TPSA) is 12.0 Å². The standard InChI is InChI=1S/C13H18FN/c1-10(2)7-8-15-11(3)12-5-4-6-13(14)9-12/h4-6,9,11,15H,1,7-8H2,2-3H3/t11-/m0/s1. The monoisotopic (exact) mass is 207 g/mol. The van der Waals surface area contributed by atoms with Crippen LogP contribution in [0.1, 0.15) is 31.9 Å². The van der Waals surface area contributed by atoms with Crippen molar-refractivity contribution in [1.82, 2.24) is 5.32 Å². The van der Waals surface area contributed by atoms with E-state index in [1.807, 2.05) is 19.9 Å². The summed E-state index contributed by atoms with van der Waals surface area (Å²) in [4.78, 5) is 0. The molecule has 0 saturated heterocycles. The van der Waals surface area contributed by atoms with Gasteiger partial charge in [0.05, 0.1) is 0 Å². The van der Waals surface area contributed by atoms with Crippen LogP contribution in [0.3, 0.4) is 0 Å². The van der Waals surface area contributed by atoms with Crippen LogP contribution in [0.2, 0.25) is 0 Å². The van der Waals surface area contributed by atoms with Crippen LogP contribution in [0.15, 0.2) is 36.4 Å². The third-order valence-electron chi connectivity index (χ3n) is 2.35. The summed E-state index contributed by atoms with van der Waals surface area (Å²) in [5.74, 6) is -0.180. The van der Waals surface area contributed by atoms with E-state index in [1.165, 1.54) is 6.07 Å². The van der Waals surface area contributed by atoms with E-state index >= 15 is 0 Å². The fourth-order valence-electron chi connectivity index (χ4n) is 1.40. The van der Waals surface area contributed by atoms with Crippen molar-refractivity contribution in [1.29, 1.82) is 0 Å². The summed E-state index contributed by atoms with van der Waals surface area (Å²) in [7, 11) is 0. The van der Waals surface area contributed by atoms with Gasteiger partial charge in [0.2, 0.25) is 0 Å². The van der Waals surface area contributed by atoms with E-state index in [1.54, 1.807) is 12.1 Å². The minimum atomic E-state index is -0.180. The minimum Gasteiger partial charge on any atom is -0.310 e. The number of benzene rings is 1. The molecule has 15 heavy (non-hydrogen) atoms. The van der Waals surface area contributed by atoms with Crippen molar-refractivity contribution in [3.05, 3.63) is 47.8 Å². The molecule has 1 rings (SSSR count). The van der Waals surface area contributed by atoms with Gasteiger partial charge in [0.25, 0.3) is 0 Å². The molecule has 82 valence electrons. The molecule has 0 radical (unpaired) electrons. The van der Waals surface area contributed by atoms with Gasteiger partial charge in [-0.25, -0.2) is 4.39 Å².